The number of phenols is 1. The smallest absolute Gasteiger partial charge is 0.273 e. The number of aromatic nitrogens is 1. The van der Waals surface area contributed by atoms with Crippen molar-refractivity contribution in [1.29, 1.82) is 0 Å². The van der Waals surface area contributed by atoms with Crippen LogP contribution in [0.5, 0.6) is 5.75 Å². The van der Waals surface area contributed by atoms with E-state index < -0.39 is 16.6 Å². The summed E-state index contributed by atoms with van der Waals surface area (Å²) in [4.78, 5) is 41.4. The number of amides is 2. The summed E-state index contributed by atoms with van der Waals surface area (Å²) < 4.78 is 0. The fourth-order valence-electron chi connectivity index (χ4n) is 3.68. The van der Waals surface area contributed by atoms with E-state index in [1.165, 1.54) is 17.4 Å². The van der Waals surface area contributed by atoms with E-state index in [2.05, 4.69) is 15.6 Å². The molecule has 1 aromatic carbocycles. The van der Waals surface area contributed by atoms with Gasteiger partial charge in [-0.2, -0.15) is 0 Å². The van der Waals surface area contributed by atoms with Crippen LogP contribution in [0, 0.1) is 10.1 Å². The number of nitro groups is 1. The number of non-ortho nitro benzene ring substituents is 1. The molecule has 2 aromatic heterocycles. The number of phenolic OH excluding ortho intramolecular Hbond substituents is 1. The van der Waals surface area contributed by atoms with Gasteiger partial charge in [0.05, 0.1) is 22.1 Å². The van der Waals surface area contributed by atoms with Crippen LogP contribution >= 0.6 is 11.3 Å². The zero-order valence-electron chi connectivity index (χ0n) is 17.0. The van der Waals surface area contributed by atoms with Gasteiger partial charge in [-0.15, -0.1) is 11.3 Å². The van der Waals surface area contributed by atoms with Gasteiger partial charge in [-0.05, 0) is 49.4 Å². The molecule has 4 rings (SSSR count). The second-order valence-corrected chi connectivity index (χ2v) is 8.46. The number of aryl methyl sites for hydroxylation is 1. The van der Waals surface area contributed by atoms with Crippen LogP contribution in [0.25, 0.3) is 0 Å². The number of carbonyl (C=O) groups excluding carboxylic acids is 2. The number of fused-ring (bicyclic) bond motifs is 1. The molecule has 0 atom stereocenters. The quantitative estimate of drug-likeness (QED) is 0.296. The van der Waals surface area contributed by atoms with Crippen LogP contribution in [0.15, 0.2) is 42.6 Å². The molecule has 164 valence electrons. The molecule has 10 heteroatoms. The molecule has 1 aliphatic carbocycles. The van der Waals surface area contributed by atoms with Gasteiger partial charge < -0.3 is 15.7 Å². The van der Waals surface area contributed by atoms with Crippen LogP contribution < -0.4 is 10.6 Å². The van der Waals surface area contributed by atoms with Crippen molar-refractivity contribution in [2.45, 2.75) is 32.1 Å². The van der Waals surface area contributed by atoms with Gasteiger partial charge in [0.15, 0.2) is 0 Å². The Kier molecular flexibility index (Phi) is 6.13. The molecule has 2 amide bonds. The first-order chi connectivity index (χ1) is 15.4. The van der Waals surface area contributed by atoms with Gasteiger partial charge in [-0.3, -0.25) is 19.7 Å². The minimum atomic E-state index is -0.655. The molecule has 32 heavy (non-hydrogen) atoms. The number of pyridine rings is 1. The summed E-state index contributed by atoms with van der Waals surface area (Å²) in [5, 5.41) is 26.9. The largest absolute Gasteiger partial charge is 0.507 e. The van der Waals surface area contributed by atoms with E-state index in [1.54, 1.807) is 24.4 Å². The van der Waals surface area contributed by atoms with E-state index in [-0.39, 0.29) is 17.2 Å². The van der Waals surface area contributed by atoms with Gasteiger partial charge in [-0.25, -0.2) is 4.98 Å². The van der Waals surface area contributed by atoms with Gasteiger partial charge in [-0.1, -0.05) is 12.5 Å². The maximum absolute atomic E-state index is 13.2. The van der Waals surface area contributed by atoms with Gasteiger partial charge in [0, 0.05) is 17.1 Å². The highest BCUT2D eigenvalue weighted by molar-refractivity contribution is 7.17. The summed E-state index contributed by atoms with van der Waals surface area (Å²) in [6.07, 6.45) is 6.15. The number of benzene rings is 1. The Morgan fingerprint density at radius 3 is 2.59 bits per heavy atom. The molecule has 3 N–H and O–H groups in total. The number of hydrogen-bond donors (Lipinski definition) is 3. The number of carbonyl (C=O) groups is 2. The Hall–Kier alpha value is -3.79. The summed E-state index contributed by atoms with van der Waals surface area (Å²) in [5.74, 6) is -1.13. The molecule has 0 bridgehead atoms. The number of hydrogen-bond acceptors (Lipinski definition) is 7. The maximum Gasteiger partial charge on any atom is 0.273 e. The van der Waals surface area contributed by atoms with E-state index in [4.69, 9.17) is 0 Å². The fourth-order valence-corrected chi connectivity index (χ4v) is 4.96. The summed E-state index contributed by atoms with van der Waals surface area (Å²) in [6, 6.07) is 8.44. The highest BCUT2D eigenvalue weighted by Gasteiger charge is 2.27. The van der Waals surface area contributed by atoms with Crippen LogP contribution in [0.4, 0.5) is 16.5 Å². The Morgan fingerprint density at radius 1 is 1.06 bits per heavy atom. The molecule has 3 aromatic rings. The minimum absolute atomic E-state index is 0.115. The number of nitrogens with one attached hydrogen (secondary N) is 2. The fraction of sp³-hybridized carbons (Fsp3) is 0.227. The zero-order chi connectivity index (χ0) is 22.7. The molecular formula is C22H20N4O5S. The third-order valence-corrected chi connectivity index (χ3v) is 6.43. The Balaban J connectivity index is 1.67. The number of anilines is 2. The summed E-state index contributed by atoms with van der Waals surface area (Å²) in [5.41, 5.74) is 0.879. The second-order valence-electron chi connectivity index (χ2n) is 7.35. The first-order valence-corrected chi connectivity index (χ1v) is 10.9. The third kappa shape index (κ3) is 4.45. The van der Waals surface area contributed by atoms with Crippen molar-refractivity contribution in [3.8, 4) is 5.75 Å². The Morgan fingerprint density at radius 2 is 1.88 bits per heavy atom. The average Bonchev–Trinajstić information content (AvgIpc) is 2.94. The van der Waals surface area contributed by atoms with Gasteiger partial charge in [0.25, 0.3) is 17.5 Å². The predicted octanol–water partition coefficient (Wildman–Crippen LogP) is 4.53. The van der Waals surface area contributed by atoms with Crippen molar-refractivity contribution in [2.24, 2.45) is 0 Å². The highest BCUT2D eigenvalue weighted by atomic mass is 32.1. The number of thiophene rings is 1. The van der Waals surface area contributed by atoms with Gasteiger partial charge in [0.2, 0.25) is 0 Å². The molecule has 9 nitrogen and oxygen atoms in total. The van der Waals surface area contributed by atoms with Crippen molar-refractivity contribution in [2.75, 3.05) is 10.6 Å². The lowest BCUT2D eigenvalue weighted by atomic mass is 10.0. The van der Waals surface area contributed by atoms with E-state index in [9.17, 15) is 24.8 Å². The standard InChI is InChI=1S/C22H20N4O5S/c27-16-12-13(26(30)31)9-10-14(16)20(28)25-22-19(15-6-2-1-3-7-17(15)32-22)21(29)24-18-8-4-5-11-23-18/h4-5,8-12,27H,1-3,6-7H2,(H,25,28)(H,23,24,29). The van der Waals surface area contributed by atoms with Crippen LogP contribution in [0.2, 0.25) is 0 Å². The molecule has 0 fully saturated rings. The summed E-state index contributed by atoms with van der Waals surface area (Å²) in [7, 11) is 0. The zero-order valence-corrected chi connectivity index (χ0v) is 17.8. The average molecular weight is 452 g/mol. The van der Waals surface area contributed by atoms with Crippen LogP contribution in [-0.4, -0.2) is 26.8 Å². The minimum Gasteiger partial charge on any atom is -0.507 e. The van der Waals surface area contributed by atoms with Crippen molar-refractivity contribution in [3.05, 3.63) is 74.3 Å². The first kappa shape index (κ1) is 21.4. The van der Waals surface area contributed by atoms with Crippen LogP contribution in [0.3, 0.4) is 0 Å². The molecule has 2 heterocycles. The van der Waals surface area contributed by atoms with Crippen LogP contribution in [-0.2, 0) is 12.8 Å². The SMILES string of the molecule is O=C(Nc1sc2c(c1C(=O)Nc1ccccn1)CCCCC2)c1ccc([N+](=O)[O-])cc1O. The lowest BCUT2D eigenvalue weighted by Crippen LogP contribution is -2.18. The van der Waals surface area contributed by atoms with Gasteiger partial charge in [0.1, 0.15) is 16.6 Å². The lowest BCUT2D eigenvalue weighted by molar-refractivity contribution is -0.384. The summed E-state index contributed by atoms with van der Waals surface area (Å²) >= 11 is 1.35. The molecular weight excluding hydrogens is 432 g/mol. The monoisotopic (exact) mass is 452 g/mol. The van der Waals surface area contributed by atoms with E-state index in [0.29, 0.717) is 16.4 Å². The summed E-state index contributed by atoms with van der Waals surface area (Å²) in [6.45, 7) is 0. The number of rotatable bonds is 5. The van der Waals surface area contributed by atoms with Crippen LogP contribution in [0.1, 0.15) is 50.4 Å². The van der Waals surface area contributed by atoms with E-state index >= 15 is 0 Å². The highest BCUT2D eigenvalue weighted by Crippen LogP contribution is 2.38. The topological polar surface area (TPSA) is 134 Å². The number of nitrogens with zero attached hydrogens (tertiary/aromatic N) is 2. The van der Waals surface area contributed by atoms with E-state index in [0.717, 1.165) is 54.7 Å². The normalized spacial score (nSPS) is 13.0. The van der Waals surface area contributed by atoms with Crippen molar-refractivity contribution in [3.63, 3.8) is 0 Å². The molecule has 0 spiro atoms. The number of nitro benzene ring substituents is 1. The van der Waals surface area contributed by atoms with E-state index in [1.807, 2.05) is 0 Å². The van der Waals surface area contributed by atoms with Crippen molar-refractivity contribution in [1.82, 2.24) is 4.98 Å². The maximum atomic E-state index is 13.2. The predicted molar refractivity (Wildman–Crippen MR) is 120 cm³/mol. The van der Waals surface area contributed by atoms with Crippen molar-refractivity contribution >= 4 is 39.7 Å². The second kappa shape index (κ2) is 9.15. The molecule has 1 aliphatic rings. The van der Waals surface area contributed by atoms with Crippen molar-refractivity contribution < 1.29 is 19.6 Å². The third-order valence-electron chi connectivity index (χ3n) is 5.22. The Bertz CT molecular complexity index is 1190. The molecule has 0 saturated heterocycles. The molecule has 0 radical (unpaired) electrons. The van der Waals surface area contributed by atoms with Gasteiger partial charge >= 0.3 is 0 Å². The molecule has 0 saturated carbocycles. The Labute approximate surface area is 187 Å². The molecule has 0 aliphatic heterocycles. The number of aromatic hydroxyl groups is 1. The molecule has 0 unspecified atom stereocenters. The lowest BCUT2D eigenvalue weighted by Gasteiger charge is -2.10. The first-order valence-electron chi connectivity index (χ1n) is 10.1.